The van der Waals surface area contributed by atoms with Gasteiger partial charge in [-0.2, -0.15) is 5.10 Å². The molecule has 0 aliphatic rings. The summed E-state index contributed by atoms with van der Waals surface area (Å²) in [6, 6.07) is -0.237. The molecule has 0 aliphatic carbocycles. The van der Waals surface area contributed by atoms with Gasteiger partial charge in [-0.25, -0.2) is 4.68 Å². The van der Waals surface area contributed by atoms with Crippen LogP contribution >= 0.6 is 0 Å². The number of hydrogen-bond donors (Lipinski definition) is 1. The van der Waals surface area contributed by atoms with E-state index in [2.05, 4.69) is 16.3 Å². The van der Waals surface area contributed by atoms with Crippen molar-refractivity contribution in [2.45, 2.75) is 39.2 Å². The van der Waals surface area contributed by atoms with Crippen molar-refractivity contribution in [3.8, 4) is 12.3 Å². The first-order valence-corrected chi connectivity index (χ1v) is 5.86. The molecular weight excluding hydrogens is 232 g/mol. The summed E-state index contributed by atoms with van der Waals surface area (Å²) in [4.78, 5) is 10.8. The van der Waals surface area contributed by atoms with E-state index < -0.39 is 4.92 Å². The average molecular weight is 250 g/mol. The van der Waals surface area contributed by atoms with E-state index in [1.807, 2.05) is 20.8 Å². The van der Waals surface area contributed by atoms with Crippen molar-refractivity contribution < 1.29 is 4.92 Å². The van der Waals surface area contributed by atoms with E-state index in [1.54, 1.807) is 7.05 Å². The van der Waals surface area contributed by atoms with E-state index in [-0.39, 0.29) is 17.6 Å². The van der Waals surface area contributed by atoms with Crippen LogP contribution < -0.4 is 5.32 Å². The average Bonchev–Trinajstić information content (AvgIpc) is 2.63. The fourth-order valence-corrected chi connectivity index (χ4v) is 1.69. The van der Waals surface area contributed by atoms with Crippen molar-refractivity contribution in [1.29, 1.82) is 0 Å². The molecule has 0 bridgehead atoms. The van der Waals surface area contributed by atoms with Crippen LogP contribution in [0.2, 0.25) is 0 Å². The summed E-state index contributed by atoms with van der Waals surface area (Å²) < 4.78 is 1.48. The van der Waals surface area contributed by atoms with E-state index >= 15 is 0 Å². The Hall–Kier alpha value is -2.03. The molecule has 1 atom stereocenters. The molecule has 1 aromatic rings. The minimum atomic E-state index is -0.409. The third-order valence-electron chi connectivity index (χ3n) is 2.70. The van der Waals surface area contributed by atoms with Crippen LogP contribution in [0.4, 0.5) is 11.5 Å². The van der Waals surface area contributed by atoms with Crippen LogP contribution in [-0.2, 0) is 7.05 Å². The summed E-state index contributed by atoms with van der Waals surface area (Å²) in [5, 5.41) is 18.4. The minimum Gasteiger partial charge on any atom is -0.351 e. The maximum absolute atomic E-state index is 11.2. The molecule has 6 nitrogen and oxygen atoms in total. The summed E-state index contributed by atoms with van der Waals surface area (Å²) in [5.41, 5.74) is 0.484. The molecule has 98 valence electrons. The number of rotatable bonds is 5. The Labute approximate surface area is 107 Å². The Balaban J connectivity index is 3.26. The van der Waals surface area contributed by atoms with Gasteiger partial charge in [0, 0.05) is 13.0 Å². The summed E-state index contributed by atoms with van der Waals surface area (Å²) >= 11 is 0. The SMILES string of the molecule is C#CC(CC)Nc1c([N+](=O)[O-])c(C(C)C)nn1C. The minimum absolute atomic E-state index is 0.0150. The van der Waals surface area contributed by atoms with Crippen molar-refractivity contribution in [2.75, 3.05) is 5.32 Å². The predicted molar refractivity (Wildman–Crippen MR) is 70.5 cm³/mol. The molecule has 1 heterocycles. The van der Waals surface area contributed by atoms with E-state index in [1.165, 1.54) is 4.68 Å². The van der Waals surface area contributed by atoms with Gasteiger partial charge in [0.15, 0.2) is 0 Å². The summed E-state index contributed by atoms with van der Waals surface area (Å²) in [7, 11) is 1.67. The van der Waals surface area contributed by atoms with Crippen LogP contribution in [0.5, 0.6) is 0 Å². The number of aromatic nitrogens is 2. The first-order chi connectivity index (χ1) is 8.42. The molecule has 0 aromatic carbocycles. The van der Waals surface area contributed by atoms with Gasteiger partial charge in [0.1, 0.15) is 5.69 Å². The maximum Gasteiger partial charge on any atom is 0.334 e. The number of hydrogen-bond acceptors (Lipinski definition) is 4. The van der Waals surface area contributed by atoms with Gasteiger partial charge in [0.2, 0.25) is 5.82 Å². The molecule has 0 saturated carbocycles. The smallest absolute Gasteiger partial charge is 0.334 e. The number of terminal acetylenes is 1. The standard InChI is InChI=1S/C12H18N4O2/c1-6-9(7-2)13-12-11(16(17)18)10(8(3)4)14-15(12)5/h1,8-9,13H,7H2,2-5H3. The zero-order valence-corrected chi connectivity index (χ0v) is 11.1. The van der Waals surface area contributed by atoms with Crippen molar-refractivity contribution >= 4 is 11.5 Å². The molecular formula is C12H18N4O2. The molecule has 1 N–H and O–H groups in total. The molecule has 1 rings (SSSR count). The van der Waals surface area contributed by atoms with Crippen LogP contribution in [0.3, 0.4) is 0 Å². The second-order valence-electron chi connectivity index (χ2n) is 4.39. The molecule has 0 radical (unpaired) electrons. The highest BCUT2D eigenvalue weighted by Crippen LogP contribution is 2.33. The molecule has 1 aromatic heterocycles. The molecule has 18 heavy (non-hydrogen) atoms. The fraction of sp³-hybridized carbons (Fsp3) is 0.583. The third kappa shape index (κ3) is 2.62. The van der Waals surface area contributed by atoms with E-state index in [0.29, 0.717) is 17.9 Å². The number of nitrogens with zero attached hydrogens (tertiary/aromatic N) is 3. The third-order valence-corrected chi connectivity index (χ3v) is 2.70. The topological polar surface area (TPSA) is 73.0 Å². The lowest BCUT2D eigenvalue weighted by atomic mass is 10.1. The lowest BCUT2D eigenvalue weighted by Crippen LogP contribution is -2.18. The van der Waals surface area contributed by atoms with Gasteiger partial charge in [-0.05, 0) is 6.42 Å². The Morgan fingerprint density at radius 1 is 1.61 bits per heavy atom. The Morgan fingerprint density at radius 2 is 2.22 bits per heavy atom. The highest BCUT2D eigenvalue weighted by atomic mass is 16.6. The number of nitrogens with one attached hydrogen (secondary N) is 1. The van der Waals surface area contributed by atoms with Crippen molar-refractivity contribution in [2.24, 2.45) is 7.05 Å². The number of anilines is 1. The number of nitro groups is 1. The van der Waals surface area contributed by atoms with Crippen LogP contribution in [0, 0.1) is 22.5 Å². The van der Waals surface area contributed by atoms with Gasteiger partial charge in [-0.15, -0.1) is 6.42 Å². The van der Waals surface area contributed by atoms with Crippen LogP contribution in [0.15, 0.2) is 0 Å². The van der Waals surface area contributed by atoms with Gasteiger partial charge in [0.25, 0.3) is 0 Å². The van der Waals surface area contributed by atoms with Gasteiger partial charge < -0.3 is 5.32 Å². The largest absolute Gasteiger partial charge is 0.351 e. The van der Waals surface area contributed by atoms with E-state index in [0.717, 1.165) is 0 Å². The van der Waals surface area contributed by atoms with Crippen molar-refractivity contribution in [1.82, 2.24) is 9.78 Å². The quantitative estimate of drug-likeness (QED) is 0.494. The Bertz CT molecular complexity index is 485. The summed E-state index contributed by atoms with van der Waals surface area (Å²) in [6.45, 7) is 5.66. The Morgan fingerprint density at radius 3 is 2.61 bits per heavy atom. The number of aryl methyl sites for hydroxylation is 1. The first-order valence-electron chi connectivity index (χ1n) is 5.86. The van der Waals surface area contributed by atoms with Gasteiger partial charge in [0.05, 0.1) is 11.0 Å². The van der Waals surface area contributed by atoms with E-state index in [4.69, 9.17) is 6.42 Å². The normalized spacial score (nSPS) is 12.2. The van der Waals surface area contributed by atoms with Crippen LogP contribution in [0.1, 0.15) is 38.8 Å². The lowest BCUT2D eigenvalue weighted by molar-refractivity contribution is -0.384. The molecule has 0 fully saturated rings. The molecule has 0 aliphatic heterocycles. The second kappa shape index (κ2) is 5.54. The second-order valence-corrected chi connectivity index (χ2v) is 4.39. The maximum atomic E-state index is 11.2. The molecule has 0 saturated heterocycles. The van der Waals surface area contributed by atoms with E-state index in [9.17, 15) is 10.1 Å². The first kappa shape index (κ1) is 14.0. The van der Waals surface area contributed by atoms with Gasteiger partial charge in [-0.3, -0.25) is 10.1 Å². The zero-order chi connectivity index (χ0) is 13.9. The molecule has 1 unspecified atom stereocenters. The van der Waals surface area contributed by atoms with Crippen molar-refractivity contribution in [3.05, 3.63) is 15.8 Å². The zero-order valence-electron chi connectivity index (χ0n) is 11.1. The fourth-order valence-electron chi connectivity index (χ4n) is 1.69. The highest BCUT2D eigenvalue weighted by Gasteiger charge is 2.29. The molecule has 0 amide bonds. The van der Waals surface area contributed by atoms with Gasteiger partial charge in [-0.1, -0.05) is 26.7 Å². The predicted octanol–water partition coefficient (Wildman–Crippen LogP) is 2.28. The molecule has 6 heteroatoms. The molecule has 0 spiro atoms. The van der Waals surface area contributed by atoms with Crippen LogP contribution in [0.25, 0.3) is 0 Å². The van der Waals surface area contributed by atoms with Crippen molar-refractivity contribution in [3.63, 3.8) is 0 Å². The van der Waals surface area contributed by atoms with Gasteiger partial charge >= 0.3 is 5.69 Å². The highest BCUT2D eigenvalue weighted by molar-refractivity contribution is 5.61. The summed E-state index contributed by atoms with van der Waals surface area (Å²) in [5.74, 6) is 2.91. The lowest BCUT2D eigenvalue weighted by Gasteiger charge is -2.11. The van der Waals surface area contributed by atoms with Crippen LogP contribution in [-0.4, -0.2) is 20.7 Å². The monoisotopic (exact) mass is 250 g/mol. The summed E-state index contributed by atoms with van der Waals surface area (Å²) in [6.07, 6.45) is 6.05. The Kier molecular flexibility index (Phi) is 4.32.